The average molecular weight is 376 g/mol. The minimum absolute atomic E-state index is 0.00807. The first-order valence-corrected chi connectivity index (χ1v) is 8.17. The van der Waals surface area contributed by atoms with Crippen LogP contribution in [0, 0.1) is 10.1 Å². The number of nitro groups is 1. The van der Waals surface area contributed by atoms with E-state index in [0.29, 0.717) is 5.69 Å². The van der Waals surface area contributed by atoms with Gasteiger partial charge in [-0.1, -0.05) is 18.2 Å². The van der Waals surface area contributed by atoms with Gasteiger partial charge in [0.25, 0.3) is 0 Å². The van der Waals surface area contributed by atoms with Crippen LogP contribution in [0.4, 0.5) is 17.1 Å². The first-order chi connectivity index (χ1) is 13.4. The molecule has 3 aromatic rings. The molecule has 3 aromatic carbocycles. The Bertz CT molecular complexity index is 1170. The summed E-state index contributed by atoms with van der Waals surface area (Å²) in [6.07, 6.45) is 0. The third-order valence-electron chi connectivity index (χ3n) is 4.49. The van der Waals surface area contributed by atoms with E-state index in [1.165, 1.54) is 12.1 Å². The Morgan fingerprint density at radius 3 is 2.18 bits per heavy atom. The quantitative estimate of drug-likeness (QED) is 0.283. The third-order valence-corrected chi connectivity index (χ3v) is 4.49. The minimum Gasteiger partial charge on any atom is -0.506 e. The predicted molar refractivity (Wildman–Crippen MR) is 99.5 cm³/mol. The number of carbonyl (C=O) groups excluding carboxylic acids is 2. The van der Waals surface area contributed by atoms with Crippen molar-refractivity contribution in [3.8, 4) is 11.5 Å². The Balaban J connectivity index is 1.88. The van der Waals surface area contributed by atoms with E-state index in [2.05, 4.69) is 5.32 Å². The number of anilines is 2. The lowest BCUT2D eigenvalue weighted by molar-refractivity contribution is -0.386. The number of nitrogens with zero attached hydrogens (tertiary/aromatic N) is 1. The molecule has 138 valence electrons. The number of phenols is 2. The fourth-order valence-electron chi connectivity index (χ4n) is 3.20. The molecule has 8 nitrogen and oxygen atoms in total. The molecule has 3 N–H and O–H groups in total. The molecular formula is C20H12N2O6. The van der Waals surface area contributed by atoms with Gasteiger partial charge in [-0.2, -0.15) is 0 Å². The molecule has 0 unspecified atom stereocenters. The molecule has 0 atom stereocenters. The van der Waals surface area contributed by atoms with Crippen molar-refractivity contribution < 1.29 is 24.7 Å². The fraction of sp³-hybridized carbons (Fsp3) is 0. The van der Waals surface area contributed by atoms with Gasteiger partial charge in [0.15, 0.2) is 11.5 Å². The highest BCUT2D eigenvalue weighted by molar-refractivity contribution is 6.30. The van der Waals surface area contributed by atoms with Gasteiger partial charge in [0.2, 0.25) is 5.78 Å². The van der Waals surface area contributed by atoms with E-state index in [1.54, 1.807) is 24.3 Å². The lowest BCUT2D eigenvalue weighted by Crippen LogP contribution is -2.22. The normalized spacial score (nSPS) is 12.3. The second-order valence-corrected chi connectivity index (χ2v) is 6.18. The van der Waals surface area contributed by atoms with Crippen LogP contribution in [0.2, 0.25) is 0 Å². The van der Waals surface area contributed by atoms with Crippen molar-refractivity contribution in [3.05, 3.63) is 87.0 Å². The third kappa shape index (κ3) is 2.55. The van der Waals surface area contributed by atoms with E-state index < -0.39 is 33.5 Å². The van der Waals surface area contributed by atoms with Crippen LogP contribution in [0.1, 0.15) is 31.8 Å². The zero-order valence-corrected chi connectivity index (χ0v) is 14.2. The Labute approximate surface area is 157 Å². The molecule has 0 saturated carbocycles. The zero-order chi connectivity index (χ0) is 20.0. The number of benzene rings is 3. The molecule has 0 aromatic heterocycles. The molecular weight excluding hydrogens is 364 g/mol. The Hall–Kier alpha value is -4.20. The molecule has 0 spiro atoms. The molecule has 0 heterocycles. The summed E-state index contributed by atoms with van der Waals surface area (Å²) in [5.41, 5.74) is -0.761. The van der Waals surface area contributed by atoms with Gasteiger partial charge >= 0.3 is 5.69 Å². The maximum Gasteiger partial charge on any atom is 0.322 e. The number of ketones is 2. The molecule has 0 aliphatic heterocycles. The van der Waals surface area contributed by atoms with Crippen LogP contribution in [0.3, 0.4) is 0 Å². The number of rotatable bonds is 3. The summed E-state index contributed by atoms with van der Waals surface area (Å²) in [5.74, 6) is -2.42. The predicted octanol–water partition coefficient (Wildman–Crippen LogP) is 3.53. The first kappa shape index (κ1) is 17.2. The second-order valence-electron chi connectivity index (χ2n) is 6.18. The van der Waals surface area contributed by atoms with E-state index in [9.17, 15) is 29.9 Å². The topological polar surface area (TPSA) is 130 Å². The summed E-state index contributed by atoms with van der Waals surface area (Å²) in [5, 5.41) is 34.4. The molecule has 0 amide bonds. The van der Waals surface area contributed by atoms with E-state index in [1.807, 2.05) is 6.07 Å². The van der Waals surface area contributed by atoms with E-state index in [0.717, 1.165) is 12.1 Å². The highest BCUT2D eigenvalue weighted by Crippen LogP contribution is 2.41. The number of fused-ring (bicyclic) bond motifs is 2. The molecule has 0 bridgehead atoms. The van der Waals surface area contributed by atoms with Crippen LogP contribution >= 0.6 is 0 Å². The van der Waals surface area contributed by atoms with Crippen molar-refractivity contribution in [1.29, 1.82) is 0 Å². The molecule has 1 aliphatic carbocycles. The lowest BCUT2D eigenvalue weighted by Gasteiger charge is -2.19. The number of nitrogens with one attached hydrogen (secondary N) is 1. The molecule has 1 aliphatic rings. The molecule has 0 fully saturated rings. The van der Waals surface area contributed by atoms with Gasteiger partial charge in [0.05, 0.1) is 10.6 Å². The number of phenolic OH excluding ortho intramolecular Hbond substituents is 2. The zero-order valence-electron chi connectivity index (χ0n) is 14.2. The van der Waals surface area contributed by atoms with Crippen molar-refractivity contribution in [2.24, 2.45) is 0 Å². The summed E-state index contributed by atoms with van der Waals surface area (Å²) in [4.78, 5) is 36.1. The number of hydrogen-bond acceptors (Lipinski definition) is 7. The van der Waals surface area contributed by atoms with Gasteiger partial charge in [-0.05, 0) is 36.4 Å². The van der Waals surface area contributed by atoms with Crippen molar-refractivity contribution >= 4 is 28.6 Å². The lowest BCUT2D eigenvalue weighted by atomic mass is 9.82. The van der Waals surface area contributed by atoms with E-state index >= 15 is 0 Å². The van der Waals surface area contributed by atoms with Crippen LogP contribution < -0.4 is 5.32 Å². The summed E-state index contributed by atoms with van der Waals surface area (Å²) >= 11 is 0. The monoisotopic (exact) mass is 376 g/mol. The van der Waals surface area contributed by atoms with Crippen LogP contribution in [-0.4, -0.2) is 26.7 Å². The second kappa shape index (κ2) is 6.20. The van der Waals surface area contributed by atoms with Crippen LogP contribution in [0.5, 0.6) is 11.5 Å². The van der Waals surface area contributed by atoms with Crippen molar-refractivity contribution in [3.63, 3.8) is 0 Å². The smallest absolute Gasteiger partial charge is 0.322 e. The highest BCUT2D eigenvalue weighted by Gasteiger charge is 2.38. The van der Waals surface area contributed by atoms with Gasteiger partial charge in [-0.25, -0.2) is 0 Å². The Kier molecular flexibility index (Phi) is 3.82. The maximum atomic E-state index is 12.9. The van der Waals surface area contributed by atoms with Crippen LogP contribution in [-0.2, 0) is 0 Å². The molecule has 28 heavy (non-hydrogen) atoms. The first-order valence-electron chi connectivity index (χ1n) is 8.17. The van der Waals surface area contributed by atoms with Gasteiger partial charge in [-0.3, -0.25) is 19.7 Å². The Morgan fingerprint density at radius 2 is 1.50 bits per heavy atom. The van der Waals surface area contributed by atoms with Gasteiger partial charge in [0.1, 0.15) is 11.3 Å². The van der Waals surface area contributed by atoms with Gasteiger partial charge in [-0.15, -0.1) is 0 Å². The van der Waals surface area contributed by atoms with Crippen molar-refractivity contribution in [2.75, 3.05) is 5.32 Å². The molecule has 4 rings (SSSR count). The SMILES string of the molecule is O=C1c2cc(Nc3ccccc3)c(O)cc2C(=O)c2c1ccc(O)c2[N+](=O)[O-]. The minimum atomic E-state index is -0.907. The Morgan fingerprint density at radius 1 is 0.821 bits per heavy atom. The maximum absolute atomic E-state index is 12.9. The van der Waals surface area contributed by atoms with Gasteiger partial charge in [0, 0.05) is 22.4 Å². The van der Waals surface area contributed by atoms with E-state index in [4.69, 9.17) is 0 Å². The number of nitro benzene ring substituents is 1. The molecule has 8 heteroatoms. The summed E-state index contributed by atoms with van der Waals surface area (Å²) in [6.45, 7) is 0. The molecule has 0 saturated heterocycles. The summed E-state index contributed by atoms with van der Waals surface area (Å²) in [6, 6.07) is 13.5. The van der Waals surface area contributed by atoms with E-state index in [-0.39, 0.29) is 28.1 Å². The highest BCUT2D eigenvalue weighted by atomic mass is 16.6. The van der Waals surface area contributed by atoms with Crippen LogP contribution in [0.25, 0.3) is 0 Å². The molecule has 0 radical (unpaired) electrons. The van der Waals surface area contributed by atoms with Gasteiger partial charge < -0.3 is 15.5 Å². The largest absolute Gasteiger partial charge is 0.506 e. The number of carbonyl (C=O) groups is 2. The van der Waals surface area contributed by atoms with Crippen molar-refractivity contribution in [1.82, 2.24) is 0 Å². The van der Waals surface area contributed by atoms with Crippen LogP contribution in [0.15, 0.2) is 54.6 Å². The number of para-hydroxylation sites is 1. The van der Waals surface area contributed by atoms with Crippen molar-refractivity contribution in [2.45, 2.75) is 0 Å². The summed E-state index contributed by atoms with van der Waals surface area (Å²) in [7, 11) is 0. The average Bonchev–Trinajstić information content (AvgIpc) is 2.67. The number of aromatic hydroxyl groups is 2. The summed E-state index contributed by atoms with van der Waals surface area (Å²) < 4.78 is 0. The fourth-order valence-corrected chi connectivity index (χ4v) is 3.20. The number of hydrogen-bond donors (Lipinski definition) is 3. The standard InChI is InChI=1S/C20H12N2O6/c23-15-7-6-11-17(18(15)22(27)28)20(26)13-9-16(24)14(8-12(13)19(11)25)21-10-4-2-1-3-5-10/h1-9,21,23-24H.